The van der Waals surface area contributed by atoms with Crippen LogP contribution in [0.15, 0.2) is 6.07 Å². The van der Waals surface area contributed by atoms with Crippen molar-refractivity contribution < 1.29 is 22.7 Å². The molecule has 0 bridgehead atoms. The lowest BCUT2D eigenvalue weighted by Crippen LogP contribution is -2.28. The third-order valence-electron chi connectivity index (χ3n) is 2.82. The lowest BCUT2D eigenvalue weighted by molar-refractivity contribution is -0.141. The highest BCUT2D eigenvalue weighted by Gasteiger charge is 2.38. The van der Waals surface area contributed by atoms with E-state index >= 15 is 0 Å². The molecule has 1 aromatic rings. The molecule has 1 aliphatic rings. The molecule has 2 rings (SSSR count). The van der Waals surface area contributed by atoms with Gasteiger partial charge in [-0.15, -0.1) is 12.4 Å². The molecule has 1 aromatic heterocycles. The van der Waals surface area contributed by atoms with Crippen LogP contribution in [0.2, 0.25) is 0 Å². The highest BCUT2D eigenvalue weighted by molar-refractivity contribution is 5.91. The fraction of sp³-hybridized carbons (Fsp3) is 0.500. The maximum absolute atomic E-state index is 12.9. The van der Waals surface area contributed by atoms with Gasteiger partial charge in [0.25, 0.3) is 0 Å². The Kier molecular flexibility index (Phi) is 5.35. The predicted molar refractivity (Wildman–Crippen MR) is 67.9 cm³/mol. The first-order valence-electron chi connectivity index (χ1n) is 5.91. The van der Waals surface area contributed by atoms with Crippen LogP contribution in [0.25, 0.3) is 0 Å². The zero-order valence-corrected chi connectivity index (χ0v) is 11.5. The molecular formula is C12H14ClF3N2O2. The molecule has 1 aliphatic heterocycles. The molecule has 0 fully saturated rings. The number of hydrogen-bond donors (Lipinski definition) is 1. The summed E-state index contributed by atoms with van der Waals surface area (Å²) in [4.78, 5) is 15.2. The molecule has 4 nitrogen and oxygen atoms in total. The molecule has 20 heavy (non-hydrogen) atoms. The molecule has 0 radical (unpaired) electrons. The van der Waals surface area contributed by atoms with E-state index in [4.69, 9.17) is 0 Å². The summed E-state index contributed by atoms with van der Waals surface area (Å²) in [6.07, 6.45) is -4.12. The van der Waals surface area contributed by atoms with Crippen LogP contribution >= 0.6 is 12.4 Å². The van der Waals surface area contributed by atoms with E-state index in [9.17, 15) is 18.0 Å². The van der Waals surface area contributed by atoms with Gasteiger partial charge in [-0.05, 0) is 31.5 Å². The number of alkyl halides is 3. The zero-order chi connectivity index (χ0) is 14.0. The lowest BCUT2D eigenvalue weighted by Gasteiger charge is -2.20. The average Bonchev–Trinajstić information content (AvgIpc) is 2.36. The smallest absolute Gasteiger partial charge is 0.434 e. The van der Waals surface area contributed by atoms with Gasteiger partial charge in [-0.2, -0.15) is 13.2 Å². The summed E-state index contributed by atoms with van der Waals surface area (Å²) < 4.78 is 43.4. The van der Waals surface area contributed by atoms with Crippen LogP contribution in [0.3, 0.4) is 0 Å². The highest BCUT2D eigenvalue weighted by atomic mass is 35.5. The van der Waals surface area contributed by atoms with Crippen molar-refractivity contribution in [3.8, 4) is 0 Å². The van der Waals surface area contributed by atoms with Crippen LogP contribution in [0.5, 0.6) is 0 Å². The number of aromatic nitrogens is 1. The van der Waals surface area contributed by atoms with Crippen molar-refractivity contribution in [1.29, 1.82) is 0 Å². The number of nitrogens with zero attached hydrogens (tertiary/aromatic N) is 1. The van der Waals surface area contributed by atoms with Gasteiger partial charge in [0.15, 0.2) is 5.69 Å². The quantitative estimate of drug-likeness (QED) is 0.852. The van der Waals surface area contributed by atoms with E-state index in [1.807, 2.05) is 0 Å². The van der Waals surface area contributed by atoms with E-state index in [0.717, 1.165) is 0 Å². The lowest BCUT2D eigenvalue weighted by atomic mass is 10.0. The third-order valence-corrected chi connectivity index (χ3v) is 2.82. The molecule has 2 heterocycles. The van der Waals surface area contributed by atoms with E-state index in [1.165, 1.54) is 6.07 Å². The average molecular weight is 311 g/mol. The molecule has 0 saturated carbocycles. The monoisotopic (exact) mass is 310 g/mol. The van der Waals surface area contributed by atoms with Crippen molar-refractivity contribution in [3.05, 3.63) is 28.6 Å². The van der Waals surface area contributed by atoms with E-state index in [2.05, 4.69) is 15.0 Å². The summed E-state index contributed by atoms with van der Waals surface area (Å²) in [7, 11) is 0. The van der Waals surface area contributed by atoms with Crippen LogP contribution in [0.1, 0.15) is 34.2 Å². The normalized spacial score (nSPS) is 14.2. The SMILES string of the molecule is CCOC(=O)c1cc2c(nc1C(F)(F)F)CNCC2.Cl. The molecule has 0 spiro atoms. The Morgan fingerprint density at radius 2 is 2.20 bits per heavy atom. The van der Waals surface area contributed by atoms with Gasteiger partial charge in [0.2, 0.25) is 0 Å². The first-order valence-corrected chi connectivity index (χ1v) is 5.91. The number of ether oxygens (including phenoxy) is 1. The number of pyridine rings is 1. The topological polar surface area (TPSA) is 51.2 Å². The molecule has 112 valence electrons. The van der Waals surface area contributed by atoms with E-state index in [-0.39, 0.29) is 25.6 Å². The first kappa shape index (κ1) is 16.7. The molecule has 1 N–H and O–H groups in total. The van der Waals surface area contributed by atoms with Crippen LogP contribution < -0.4 is 5.32 Å². The Morgan fingerprint density at radius 3 is 2.80 bits per heavy atom. The number of esters is 1. The second-order valence-electron chi connectivity index (χ2n) is 4.14. The number of rotatable bonds is 2. The van der Waals surface area contributed by atoms with Gasteiger partial charge in [0.05, 0.1) is 17.9 Å². The van der Waals surface area contributed by atoms with Crippen LogP contribution in [-0.2, 0) is 23.9 Å². The fourth-order valence-electron chi connectivity index (χ4n) is 1.97. The largest absolute Gasteiger partial charge is 0.462 e. The molecule has 0 amide bonds. The molecule has 0 saturated heterocycles. The Morgan fingerprint density at radius 1 is 1.50 bits per heavy atom. The number of carbonyl (C=O) groups is 1. The van der Waals surface area contributed by atoms with Gasteiger partial charge in [-0.25, -0.2) is 9.78 Å². The number of carbonyl (C=O) groups excluding carboxylic acids is 1. The maximum atomic E-state index is 12.9. The minimum Gasteiger partial charge on any atom is -0.462 e. The van der Waals surface area contributed by atoms with E-state index in [0.29, 0.717) is 24.2 Å². The fourth-order valence-corrected chi connectivity index (χ4v) is 1.97. The molecule has 0 unspecified atom stereocenters. The Balaban J connectivity index is 0.00000200. The van der Waals surface area contributed by atoms with Gasteiger partial charge in [0.1, 0.15) is 0 Å². The van der Waals surface area contributed by atoms with Crippen molar-refractivity contribution in [2.24, 2.45) is 0 Å². The Labute approximate surface area is 120 Å². The van der Waals surface area contributed by atoms with Gasteiger partial charge < -0.3 is 10.1 Å². The van der Waals surface area contributed by atoms with Gasteiger partial charge >= 0.3 is 12.1 Å². The van der Waals surface area contributed by atoms with E-state index < -0.39 is 23.4 Å². The number of nitrogens with one attached hydrogen (secondary N) is 1. The summed E-state index contributed by atoms with van der Waals surface area (Å²) in [6, 6.07) is 1.25. The number of fused-ring (bicyclic) bond motifs is 1. The second kappa shape index (κ2) is 6.41. The minimum absolute atomic E-state index is 0. The zero-order valence-electron chi connectivity index (χ0n) is 10.7. The summed E-state index contributed by atoms with van der Waals surface area (Å²) >= 11 is 0. The van der Waals surface area contributed by atoms with Crippen LogP contribution in [-0.4, -0.2) is 24.1 Å². The maximum Gasteiger partial charge on any atom is 0.434 e. The summed E-state index contributed by atoms with van der Waals surface area (Å²) in [5, 5.41) is 2.95. The predicted octanol–water partition coefficient (Wildman–Crippen LogP) is 2.34. The number of hydrogen-bond acceptors (Lipinski definition) is 4. The van der Waals surface area contributed by atoms with E-state index in [1.54, 1.807) is 6.92 Å². The summed E-state index contributed by atoms with van der Waals surface area (Å²) in [6.45, 7) is 2.50. The molecule has 0 aromatic carbocycles. The molecule has 8 heteroatoms. The van der Waals surface area contributed by atoms with Gasteiger partial charge in [-0.3, -0.25) is 0 Å². The summed E-state index contributed by atoms with van der Waals surface area (Å²) in [5.41, 5.74) is -0.676. The van der Waals surface area contributed by atoms with Crippen molar-refractivity contribution in [1.82, 2.24) is 10.3 Å². The Bertz CT molecular complexity index is 506. The van der Waals surface area contributed by atoms with Gasteiger partial charge in [0, 0.05) is 6.54 Å². The van der Waals surface area contributed by atoms with Crippen molar-refractivity contribution in [2.75, 3.05) is 13.2 Å². The standard InChI is InChI=1S/C12H13F3N2O2.ClH/c1-2-19-11(18)8-5-7-3-4-16-6-9(7)17-10(8)12(13,14)15;/h5,16H,2-4,6H2,1H3;1H. The van der Waals surface area contributed by atoms with Crippen LogP contribution in [0, 0.1) is 0 Å². The second-order valence-corrected chi connectivity index (χ2v) is 4.14. The van der Waals surface area contributed by atoms with Gasteiger partial charge in [-0.1, -0.05) is 0 Å². The summed E-state index contributed by atoms with van der Waals surface area (Å²) in [5.74, 6) is -0.983. The van der Waals surface area contributed by atoms with Crippen molar-refractivity contribution >= 4 is 18.4 Å². The number of halogens is 4. The molecule has 0 aliphatic carbocycles. The van der Waals surface area contributed by atoms with Crippen molar-refractivity contribution in [3.63, 3.8) is 0 Å². The third kappa shape index (κ3) is 3.40. The van der Waals surface area contributed by atoms with Crippen LogP contribution in [0.4, 0.5) is 13.2 Å². The highest BCUT2D eigenvalue weighted by Crippen LogP contribution is 2.32. The Hall–Kier alpha value is -1.34. The van der Waals surface area contributed by atoms with Crippen molar-refractivity contribution in [2.45, 2.75) is 26.1 Å². The first-order chi connectivity index (χ1) is 8.93. The molecular weight excluding hydrogens is 297 g/mol. The molecule has 0 atom stereocenters. The minimum atomic E-state index is -4.67.